The number of aromatic nitrogens is 2. The lowest BCUT2D eigenvalue weighted by Crippen LogP contribution is -2.51. The largest absolute Gasteiger partial charge is 0.322 e. The van der Waals surface area contributed by atoms with Gasteiger partial charge in [-0.15, -0.1) is 0 Å². The lowest BCUT2D eigenvalue weighted by atomic mass is 9.84. The molecule has 0 saturated carbocycles. The molecular formula is C10H10Cl2N4. The van der Waals surface area contributed by atoms with Crippen molar-refractivity contribution in [1.29, 1.82) is 0 Å². The van der Waals surface area contributed by atoms with Gasteiger partial charge in [-0.3, -0.25) is 0 Å². The van der Waals surface area contributed by atoms with E-state index in [-0.39, 0.29) is 5.28 Å². The van der Waals surface area contributed by atoms with E-state index >= 15 is 0 Å². The lowest BCUT2D eigenvalue weighted by Gasteiger charge is -2.32. The van der Waals surface area contributed by atoms with E-state index < -0.39 is 11.6 Å². The number of hydrogen-bond acceptors (Lipinski definition) is 4. The van der Waals surface area contributed by atoms with E-state index in [1.54, 1.807) is 18.2 Å². The molecule has 1 aromatic heterocycles. The number of nitrogens with zero attached hydrogens (tertiary/aromatic N) is 2. The maximum absolute atomic E-state index is 6.20. The predicted molar refractivity (Wildman–Crippen MR) is 64.2 cm³/mol. The summed E-state index contributed by atoms with van der Waals surface area (Å²) in [5, 5.41) is 0.446. The first kappa shape index (κ1) is 11.5. The van der Waals surface area contributed by atoms with E-state index in [0.717, 1.165) is 0 Å². The molecule has 2 atom stereocenters. The highest BCUT2D eigenvalue weighted by Crippen LogP contribution is 2.30. The van der Waals surface area contributed by atoms with Crippen LogP contribution in [0.1, 0.15) is 5.69 Å². The van der Waals surface area contributed by atoms with Gasteiger partial charge in [0, 0.05) is 0 Å². The van der Waals surface area contributed by atoms with Gasteiger partial charge in [-0.1, -0.05) is 35.9 Å². The second-order valence-electron chi connectivity index (χ2n) is 3.54. The second-order valence-corrected chi connectivity index (χ2v) is 4.28. The topological polar surface area (TPSA) is 77.8 Å². The van der Waals surface area contributed by atoms with Crippen LogP contribution in [0.5, 0.6) is 0 Å². The quantitative estimate of drug-likeness (QED) is 0.745. The molecule has 1 aromatic rings. The zero-order valence-corrected chi connectivity index (χ0v) is 9.78. The summed E-state index contributed by atoms with van der Waals surface area (Å²) < 4.78 is 0. The zero-order chi connectivity index (χ0) is 11.8. The number of allylic oxidation sites excluding steroid dienone is 2. The molecule has 0 aromatic carbocycles. The Morgan fingerprint density at radius 1 is 1.31 bits per heavy atom. The SMILES string of the molecule is NC1C=CC=CC1(N)c1nc(Cl)ncc1Cl. The molecule has 0 amide bonds. The van der Waals surface area contributed by atoms with Crippen molar-refractivity contribution in [3.63, 3.8) is 0 Å². The molecule has 4 N–H and O–H groups in total. The molecule has 0 saturated heterocycles. The molecule has 0 bridgehead atoms. The first-order chi connectivity index (χ1) is 7.54. The van der Waals surface area contributed by atoms with E-state index in [4.69, 9.17) is 34.7 Å². The van der Waals surface area contributed by atoms with Crippen molar-refractivity contribution in [1.82, 2.24) is 9.97 Å². The standard InChI is InChI=1S/C10H10Cl2N4/c11-6-5-15-9(12)16-8(6)10(14)4-2-1-3-7(10)13/h1-5,7H,13-14H2. The molecule has 16 heavy (non-hydrogen) atoms. The summed E-state index contributed by atoms with van der Waals surface area (Å²) in [5.41, 5.74) is 11.6. The molecule has 0 radical (unpaired) electrons. The van der Waals surface area contributed by atoms with Gasteiger partial charge in [0.1, 0.15) is 0 Å². The van der Waals surface area contributed by atoms with Crippen molar-refractivity contribution in [2.45, 2.75) is 11.6 Å². The molecule has 84 valence electrons. The summed E-state index contributed by atoms with van der Waals surface area (Å²) in [6.45, 7) is 0. The molecule has 4 nitrogen and oxygen atoms in total. The molecule has 1 aliphatic carbocycles. The van der Waals surface area contributed by atoms with E-state index in [0.29, 0.717) is 10.7 Å². The third-order valence-corrected chi connectivity index (χ3v) is 2.94. The second kappa shape index (κ2) is 4.14. The lowest BCUT2D eigenvalue weighted by molar-refractivity contribution is 0.478. The average Bonchev–Trinajstić information content (AvgIpc) is 2.26. The van der Waals surface area contributed by atoms with Gasteiger partial charge in [-0.25, -0.2) is 9.97 Å². The molecule has 1 aliphatic rings. The Bertz CT molecular complexity index is 472. The first-order valence-corrected chi connectivity index (χ1v) is 5.38. The minimum atomic E-state index is -0.946. The molecule has 2 rings (SSSR count). The Hall–Kier alpha value is -0.940. The third-order valence-electron chi connectivity index (χ3n) is 2.48. The molecule has 2 unspecified atom stereocenters. The van der Waals surface area contributed by atoms with Crippen LogP contribution in [0.3, 0.4) is 0 Å². The van der Waals surface area contributed by atoms with E-state index in [1.165, 1.54) is 6.20 Å². The van der Waals surface area contributed by atoms with Crippen LogP contribution in [-0.2, 0) is 5.54 Å². The zero-order valence-electron chi connectivity index (χ0n) is 8.27. The summed E-state index contributed by atoms with van der Waals surface area (Å²) in [7, 11) is 0. The highest BCUT2D eigenvalue weighted by molar-refractivity contribution is 6.32. The van der Waals surface area contributed by atoms with Gasteiger partial charge < -0.3 is 11.5 Å². The monoisotopic (exact) mass is 256 g/mol. The fourth-order valence-corrected chi connectivity index (χ4v) is 1.94. The summed E-state index contributed by atoms with van der Waals surface area (Å²) in [5.74, 6) is 0. The van der Waals surface area contributed by atoms with Gasteiger partial charge in [0.05, 0.1) is 28.5 Å². The van der Waals surface area contributed by atoms with Crippen LogP contribution in [-0.4, -0.2) is 16.0 Å². The Morgan fingerprint density at radius 2 is 2.06 bits per heavy atom. The van der Waals surface area contributed by atoms with Gasteiger partial charge >= 0.3 is 0 Å². The third kappa shape index (κ3) is 1.85. The molecule has 0 spiro atoms. The number of rotatable bonds is 1. The normalized spacial score (nSPS) is 28.4. The Morgan fingerprint density at radius 3 is 2.75 bits per heavy atom. The summed E-state index contributed by atoms with van der Waals surface area (Å²) in [6, 6.07) is -0.402. The molecule has 0 fully saturated rings. The van der Waals surface area contributed by atoms with Gasteiger partial charge in [0.25, 0.3) is 0 Å². The molecule has 6 heteroatoms. The Labute approximate surface area is 103 Å². The van der Waals surface area contributed by atoms with Gasteiger partial charge in [0.15, 0.2) is 0 Å². The predicted octanol–water partition coefficient (Wildman–Crippen LogP) is 1.39. The van der Waals surface area contributed by atoms with Gasteiger partial charge in [-0.2, -0.15) is 0 Å². The van der Waals surface area contributed by atoms with E-state index in [1.807, 2.05) is 6.08 Å². The van der Waals surface area contributed by atoms with Crippen LogP contribution in [0.2, 0.25) is 10.3 Å². The number of nitrogens with two attached hydrogens (primary N) is 2. The van der Waals surface area contributed by atoms with Crippen molar-refractivity contribution in [2.24, 2.45) is 11.5 Å². The average molecular weight is 257 g/mol. The smallest absolute Gasteiger partial charge is 0.222 e. The maximum atomic E-state index is 6.20. The Kier molecular flexibility index (Phi) is 2.99. The van der Waals surface area contributed by atoms with Crippen LogP contribution in [0.15, 0.2) is 30.5 Å². The van der Waals surface area contributed by atoms with Gasteiger partial charge in [0.2, 0.25) is 5.28 Å². The number of hydrogen-bond donors (Lipinski definition) is 2. The van der Waals surface area contributed by atoms with Crippen molar-refractivity contribution >= 4 is 23.2 Å². The molecule has 0 aliphatic heterocycles. The van der Waals surface area contributed by atoms with Crippen molar-refractivity contribution in [3.05, 3.63) is 46.5 Å². The van der Waals surface area contributed by atoms with Crippen LogP contribution >= 0.6 is 23.2 Å². The minimum Gasteiger partial charge on any atom is -0.322 e. The van der Waals surface area contributed by atoms with E-state index in [2.05, 4.69) is 9.97 Å². The van der Waals surface area contributed by atoms with Crippen LogP contribution in [0.25, 0.3) is 0 Å². The van der Waals surface area contributed by atoms with Crippen LogP contribution in [0.4, 0.5) is 0 Å². The van der Waals surface area contributed by atoms with E-state index in [9.17, 15) is 0 Å². The summed E-state index contributed by atoms with van der Waals surface area (Å²) in [6.07, 6.45) is 8.58. The van der Waals surface area contributed by atoms with Crippen molar-refractivity contribution in [3.8, 4) is 0 Å². The molecule has 1 heterocycles. The maximum Gasteiger partial charge on any atom is 0.222 e. The summed E-state index contributed by atoms with van der Waals surface area (Å²) >= 11 is 11.7. The van der Waals surface area contributed by atoms with Gasteiger partial charge in [-0.05, 0) is 11.6 Å². The van der Waals surface area contributed by atoms with Crippen LogP contribution in [0, 0.1) is 0 Å². The molecular weight excluding hydrogens is 247 g/mol. The highest BCUT2D eigenvalue weighted by Gasteiger charge is 2.35. The van der Waals surface area contributed by atoms with Crippen molar-refractivity contribution in [2.75, 3.05) is 0 Å². The summed E-state index contributed by atoms with van der Waals surface area (Å²) in [4.78, 5) is 7.83. The van der Waals surface area contributed by atoms with Crippen molar-refractivity contribution < 1.29 is 0 Å². The fourth-order valence-electron chi connectivity index (χ4n) is 1.56. The van der Waals surface area contributed by atoms with Crippen LogP contribution < -0.4 is 11.5 Å². The fraction of sp³-hybridized carbons (Fsp3) is 0.200. The number of halogens is 2. The Balaban J connectivity index is 2.54. The highest BCUT2D eigenvalue weighted by atomic mass is 35.5. The first-order valence-electron chi connectivity index (χ1n) is 4.63. The minimum absolute atomic E-state index is 0.0966.